The first kappa shape index (κ1) is 18.6. The number of carbonyl (C=O) groups excluding carboxylic acids is 2. The van der Waals surface area contributed by atoms with Gasteiger partial charge in [-0.25, -0.2) is 4.39 Å². The van der Waals surface area contributed by atoms with Crippen molar-refractivity contribution < 1.29 is 18.7 Å². The monoisotopic (exact) mass is 383 g/mol. The summed E-state index contributed by atoms with van der Waals surface area (Å²) >= 11 is 6.00. The number of esters is 1. The minimum Gasteiger partial charge on any atom is -0.426 e. The molecular weight excluding hydrogens is 369 g/mol. The van der Waals surface area contributed by atoms with E-state index in [1.807, 2.05) is 0 Å². The third kappa shape index (κ3) is 4.92. The molecule has 0 aliphatic rings. The summed E-state index contributed by atoms with van der Waals surface area (Å²) < 4.78 is 18.8. The fourth-order valence-corrected chi connectivity index (χ4v) is 2.64. The van der Waals surface area contributed by atoms with Crippen molar-refractivity contribution in [1.82, 2.24) is 0 Å². The standard InChI is InChI=1S/C21H15ClFNO3/c22-18-7-3-2-6-17(18)21(26)24-15-9-11-16(12-10-15)27-20(25)13-14-5-1-4-8-19(14)23/h1-12H,13H2,(H,24,26). The summed E-state index contributed by atoms with van der Waals surface area (Å²) in [5.74, 6) is -1.07. The maximum atomic E-state index is 13.6. The zero-order valence-electron chi connectivity index (χ0n) is 14.1. The summed E-state index contributed by atoms with van der Waals surface area (Å²) in [4.78, 5) is 24.2. The minimum absolute atomic E-state index is 0.169. The van der Waals surface area contributed by atoms with Crippen LogP contribution in [-0.2, 0) is 11.2 Å². The molecule has 0 atom stereocenters. The second kappa shape index (κ2) is 8.47. The molecule has 0 aliphatic carbocycles. The Morgan fingerprint density at radius 3 is 2.30 bits per heavy atom. The van der Waals surface area contributed by atoms with Crippen molar-refractivity contribution in [2.45, 2.75) is 6.42 Å². The highest BCUT2D eigenvalue weighted by Crippen LogP contribution is 2.20. The van der Waals surface area contributed by atoms with Crippen LogP contribution in [0.4, 0.5) is 10.1 Å². The Morgan fingerprint density at radius 1 is 0.926 bits per heavy atom. The normalized spacial score (nSPS) is 10.3. The van der Waals surface area contributed by atoms with Gasteiger partial charge >= 0.3 is 5.97 Å². The predicted molar refractivity (Wildman–Crippen MR) is 102 cm³/mol. The molecule has 0 bridgehead atoms. The Kier molecular flexibility index (Phi) is 5.84. The average molecular weight is 384 g/mol. The molecule has 0 radical (unpaired) electrons. The SMILES string of the molecule is O=C(Cc1ccccc1F)Oc1ccc(NC(=O)c2ccccc2Cl)cc1. The Labute approximate surface area is 160 Å². The van der Waals surface area contributed by atoms with Crippen LogP contribution >= 0.6 is 11.6 Å². The molecule has 0 spiro atoms. The average Bonchev–Trinajstić information content (AvgIpc) is 2.65. The van der Waals surface area contributed by atoms with Gasteiger partial charge in [-0.05, 0) is 48.0 Å². The van der Waals surface area contributed by atoms with Crippen molar-refractivity contribution in [3.05, 3.63) is 94.8 Å². The molecule has 1 amide bonds. The lowest BCUT2D eigenvalue weighted by atomic mass is 10.1. The maximum Gasteiger partial charge on any atom is 0.315 e. The molecule has 3 aromatic carbocycles. The number of halogens is 2. The summed E-state index contributed by atoms with van der Waals surface area (Å²) in [5, 5.41) is 3.07. The van der Waals surface area contributed by atoms with Gasteiger partial charge in [0.15, 0.2) is 0 Å². The summed E-state index contributed by atoms with van der Waals surface area (Å²) in [6.45, 7) is 0. The number of amides is 1. The second-order valence-electron chi connectivity index (χ2n) is 5.70. The number of nitrogens with one attached hydrogen (secondary N) is 1. The van der Waals surface area contributed by atoms with E-state index in [1.54, 1.807) is 60.7 Å². The van der Waals surface area contributed by atoms with Gasteiger partial charge in [-0.3, -0.25) is 9.59 Å². The van der Waals surface area contributed by atoms with Crippen LogP contribution in [0.5, 0.6) is 5.75 Å². The summed E-state index contributed by atoms with van der Waals surface area (Å²) in [6, 6.07) is 19.0. The van der Waals surface area contributed by atoms with E-state index in [9.17, 15) is 14.0 Å². The maximum absolute atomic E-state index is 13.6. The van der Waals surface area contributed by atoms with Crippen LogP contribution in [0.1, 0.15) is 15.9 Å². The first-order valence-electron chi connectivity index (χ1n) is 8.13. The van der Waals surface area contributed by atoms with Gasteiger partial charge in [-0.15, -0.1) is 0 Å². The van der Waals surface area contributed by atoms with Crippen molar-refractivity contribution in [2.24, 2.45) is 0 Å². The quantitative estimate of drug-likeness (QED) is 0.504. The third-order valence-corrected chi connectivity index (χ3v) is 4.08. The number of ether oxygens (including phenoxy) is 1. The smallest absolute Gasteiger partial charge is 0.315 e. The third-order valence-electron chi connectivity index (χ3n) is 3.75. The van der Waals surface area contributed by atoms with Gasteiger partial charge in [0.05, 0.1) is 17.0 Å². The van der Waals surface area contributed by atoms with Gasteiger partial charge in [-0.2, -0.15) is 0 Å². The highest BCUT2D eigenvalue weighted by molar-refractivity contribution is 6.34. The van der Waals surface area contributed by atoms with E-state index in [0.717, 1.165) is 0 Å². The molecule has 0 aliphatic heterocycles. The zero-order valence-corrected chi connectivity index (χ0v) is 14.9. The van der Waals surface area contributed by atoms with Gasteiger partial charge in [-0.1, -0.05) is 41.9 Å². The lowest BCUT2D eigenvalue weighted by Crippen LogP contribution is -2.13. The Morgan fingerprint density at radius 2 is 1.59 bits per heavy atom. The molecule has 1 N–H and O–H groups in total. The van der Waals surface area contributed by atoms with Crippen LogP contribution in [0, 0.1) is 5.82 Å². The Bertz CT molecular complexity index is 973. The van der Waals surface area contributed by atoms with Gasteiger partial charge < -0.3 is 10.1 Å². The molecule has 0 saturated carbocycles. The van der Waals surface area contributed by atoms with Gasteiger partial charge in [0.2, 0.25) is 0 Å². The molecule has 3 rings (SSSR count). The molecule has 0 heterocycles. The Balaban J connectivity index is 1.60. The van der Waals surface area contributed by atoms with Crippen LogP contribution < -0.4 is 10.1 Å². The molecule has 136 valence electrons. The molecular formula is C21H15ClFNO3. The number of hydrogen-bond donors (Lipinski definition) is 1. The molecule has 27 heavy (non-hydrogen) atoms. The van der Waals surface area contributed by atoms with Crippen molar-refractivity contribution >= 4 is 29.2 Å². The summed E-state index contributed by atoms with van der Waals surface area (Å²) in [6.07, 6.45) is -0.169. The van der Waals surface area contributed by atoms with Gasteiger partial charge in [0.25, 0.3) is 5.91 Å². The molecule has 3 aromatic rings. The van der Waals surface area contributed by atoms with E-state index < -0.39 is 11.8 Å². The molecule has 6 heteroatoms. The van der Waals surface area contributed by atoms with E-state index in [2.05, 4.69) is 5.32 Å². The van der Waals surface area contributed by atoms with E-state index in [4.69, 9.17) is 16.3 Å². The van der Waals surface area contributed by atoms with E-state index in [-0.39, 0.29) is 17.9 Å². The first-order valence-corrected chi connectivity index (χ1v) is 8.51. The van der Waals surface area contributed by atoms with E-state index in [1.165, 1.54) is 12.1 Å². The summed E-state index contributed by atoms with van der Waals surface area (Å²) in [5.41, 5.74) is 1.15. The second-order valence-corrected chi connectivity index (χ2v) is 6.11. The van der Waals surface area contributed by atoms with Crippen molar-refractivity contribution in [3.8, 4) is 5.75 Å². The van der Waals surface area contributed by atoms with E-state index >= 15 is 0 Å². The molecule has 0 saturated heterocycles. The van der Waals surface area contributed by atoms with Crippen molar-refractivity contribution in [1.29, 1.82) is 0 Å². The fraction of sp³-hybridized carbons (Fsp3) is 0.0476. The van der Waals surface area contributed by atoms with Crippen LogP contribution in [0.3, 0.4) is 0 Å². The molecule has 0 fully saturated rings. The topological polar surface area (TPSA) is 55.4 Å². The highest BCUT2D eigenvalue weighted by Gasteiger charge is 2.12. The number of anilines is 1. The molecule has 0 unspecified atom stereocenters. The minimum atomic E-state index is -0.576. The molecule has 0 aromatic heterocycles. The highest BCUT2D eigenvalue weighted by atomic mass is 35.5. The first-order chi connectivity index (χ1) is 13.0. The van der Waals surface area contributed by atoms with Crippen molar-refractivity contribution in [2.75, 3.05) is 5.32 Å². The predicted octanol–water partition coefficient (Wildman–Crippen LogP) is 4.88. The summed E-state index contributed by atoms with van der Waals surface area (Å²) in [7, 11) is 0. The lowest BCUT2D eigenvalue weighted by molar-refractivity contribution is -0.133. The zero-order chi connectivity index (χ0) is 19.2. The van der Waals surface area contributed by atoms with Crippen LogP contribution in [0.25, 0.3) is 0 Å². The van der Waals surface area contributed by atoms with Gasteiger partial charge in [0, 0.05) is 5.69 Å². The molecule has 4 nitrogen and oxygen atoms in total. The van der Waals surface area contributed by atoms with Gasteiger partial charge in [0.1, 0.15) is 11.6 Å². The lowest BCUT2D eigenvalue weighted by Gasteiger charge is -2.08. The van der Waals surface area contributed by atoms with Crippen molar-refractivity contribution in [3.63, 3.8) is 0 Å². The van der Waals surface area contributed by atoms with E-state index in [0.29, 0.717) is 22.0 Å². The van der Waals surface area contributed by atoms with Crippen LogP contribution in [0.2, 0.25) is 5.02 Å². The van der Waals surface area contributed by atoms with Crippen LogP contribution in [-0.4, -0.2) is 11.9 Å². The number of carbonyl (C=O) groups is 2. The van der Waals surface area contributed by atoms with Crippen LogP contribution in [0.15, 0.2) is 72.8 Å². The Hall–Kier alpha value is -3.18. The largest absolute Gasteiger partial charge is 0.426 e. The number of rotatable bonds is 5. The fourth-order valence-electron chi connectivity index (χ4n) is 2.41. The number of benzene rings is 3. The number of hydrogen-bond acceptors (Lipinski definition) is 3.